The zero-order valence-corrected chi connectivity index (χ0v) is 16.0. The summed E-state index contributed by atoms with van der Waals surface area (Å²) in [6, 6.07) is 8.48. The Hall–Kier alpha value is -1.84. The molecule has 1 saturated carbocycles. The van der Waals surface area contributed by atoms with Gasteiger partial charge in [0.25, 0.3) is 0 Å². The highest BCUT2D eigenvalue weighted by atomic mass is 16.2. The zero-order chi connectivity index (χ0) is 17.9. The Balaban J connectivity index is 1.61. The maximum absolute atomic E-state index is 12.5. The summed E-state index contributed by atoms with van der Waals surface area (Å²) in [6.07, 6.45) is 9.62. The van der Waals surface area contributed by atoms with Crippen molar-refractivity contribution in [3.63, 3.8) is 0 Å². The molecule has 4 heteroatoms. The summed E-state index contributed by atoms with van der Waals surface area (Å²) < 4.78 is 2.45. The van der Waals surface area contributed by atoms with Gasteiger partial charge in [-0.1, -0.05) is 44.7 Å². The van der Waals surface area contributed by atoms with Gasteiger partial charge in [-0.05, 0) is 37.3 Å². The normalized spacial score (nSPS) is 21.8. The summed E-state index contributed by atoms with van der Waals surface area (Å²) in [4.78, 5) is 19.5. The second kappa shape index (κ2) is 7.81. The number of carbonyl (C=O) groups excluding carboxylic acids is 1. The average Bonchev–Trinajstić information content (AvgIpc) is 3.22. The quantitative estimate of drug-likeness (QED) is 0.753. The second-order valence-electron chi connectivity index (χ2n) is 8.17. The fourth-order valence-electron chi connectivity index (χ4n) is 4.74. The van der Waals surface area contributed by atoms with Gasteiger partial charge >= 0.3 is 0 Å². The largest absolute Gasteiger partial charge is 0.342 e. The van der Waals surface area contributed by atoms with E-state index in [0.717, 1.165) is 49.7 Å². The molecule has 1 aliphatic carbocycles. The number of aromatic nitrogens is 2. The SMILES string of the molecule is CCCCN1C[C@H](c2nc3ccccc3n2CC2CCCCC2)CC1=O. The van der Waals surface area contributed by atoms with Crippen LogP contribution < -0.4 is 0 Å². The minimum absolute atomic E-state index is 0.246. The molecule has 0 bridgehead atoms. The predicted octanol–water partition coefficient (Wildman–Crippen LogP) is 4.73. The maximum Gasteiger partial charge on any atom is 0.223 e. The lowest BCUT2D eigenvalue weighted by molar-refractivity contribution is -0.127. The first-order valence-corrected chi connectivity index (χ1v) is 10.5. The standard InChI is InChI=1S/C22H31N3O/c1-2-3-13-24-16-18(14-21(24)26)22-23-19-11-7-8-12-20(19)25(22)15-17-9-5-4-6-10-17/h7-8,11-12,17-18H,2-6,9-10,13-16H2,1H3/t18-/m1/s1. The first kappa shape index (κ1) is 17.6. The van der Waals surface area contributed by atoms with E-state index >= 15 is 0 Å². The van der Waals surface area contributed by atoms with Crippen molar-refractivity contribution in [3.05, 3.63) is 30.1 Å². The summed E-state index contributed by atoms with van der Waals surface area (Å²) in [5.74, 6) is 2.45. The molecular formula is C22H31N3O. The van der Waals surface area contributed by atoms with Crippen molar-refractivity contribution in [2.24, 2.45) is 5.92 Å². The van der Waals surface area contributed by atoms with Crippen LogP contribution in [0.3, 0.4) is 0 Å². The molecular weight excluding hydrogens is 322 g/mol. The minimum atomic E-state index is 0.246. The molecule has 1 amide bonds. The maximum atomic E-state index is 12.5. The van der Waals surface area contributed by atoms with E-state index in [4.69, 9.17) is 4.98 Å². The van der Waals surface area contributed by atoms with Crippen LogP contribution in [0.25, 0.3) is 11.0 Å². The molecule has 1 atom stereocenters. The Morgan fingerprint density at radius 2 is 1.96 bits per heavy atom. The third-order valence-electron chi connectivity index (χ3n) is 6.21. The monoisotopic (exact) mass is 353 g/mol. The molecule has 4 rings (SSSR count). The first-order valence-electron chi connectivity index (χ1n) is 10.5. The molecule has 1 saturated heterocycles. The van der Waals surface area contributed by atoms with Crippen LogP contribution in [-0.2, 0) is 11.3 Å². The minimum Gasteiger partial charge on any atom is -0.342 e. The van der Waals surface area contributed by atoms with E-state index in [9.17, 15) is 4.79 Å². The van der Waals surface area contributed by atoms with Crippen LogP contribution in [0.1, 0.15) is 70.0 Å². The zero-order valence-electron chi connectivity index (χ0n) is 16.0. The molecule has 140 valence electrons. The molecule has 1 aromatic carbocycles. The molecule has 0 radical (unpaired) electrons. The van der Waals surface area contributed by atoms with Crippen LogP contribution in [0, 0.1) is 5.92 Å². The summed E-state index contributed by atoms with van der Waals surface area (Å²) in [5.41, 5.74) is 2.32. The average molecular weight is 354 g/mol. The van der Waals surface area contributed by atoms with Crippen LogP contribution in [-0.4, -0.2) is 33.4 Å². The van der Waals surface area contributed by atoms with Gasteiger partial charge in [0.05, 0.1) is 11.0 Å². The van der Waals surface area contributed by atoms with Gasteiger partial charge in [0.15, 0.2) is 0 Å². The summed E-state index contributed by atoms with van der Waals surface area (Å²) in [7, 11) is 0. The number of benzene rings is 1. The number of hydrogen-bond donors (Lipinski definition) is 0. The molecule has 2 heterocycles. The topological polar surface area (TPSA) is 38.1 Å². The van der Waals surface area contributed by atoms with E-state index in [0.29, 0.717) is 12.3 Å². The second-order valence-corrected chi connectivity index (χ2v) is 8.17. The van der Waals surface area contributed by atoms with Crippen LogP contribution >= 0.6 is 0 Å². The summed E-state index contributed by atoms with van der Waals surface area (Å²) in [6.45, 7) is 4.98. The fourth-order valence-corrected chi connectivity index (χ4v) is 4.74. The number of likely N-dealkylation sites (tertiary alicyclic amines) is 1. The van der Waals surface area contributed by atoms with Gasteiger partial charge in [-0.2, -0.15) is 0 Å². The van der Waals surface area contributed by atoms with Crippen molar-refractivity contribution in [2.45, 2.75) is 70.8 Å². The van der Waals surface area contributed by atoms with Crippen molar-refractivity contribution < 1.29 is 4.79 Å². The lowest BCUT2D eigenvalue weighted by Crippen LogP contribution is -2.26. The lowest BCUT2D eigenvalue weighted by atomic mass is 9.89. The van der Waals surface area contributed by atoms with Crippen LogP contribution in [0.4, 0.5) is 0 Å². The van der Waals surface area contributed by atoms with Gasteiger partial charge < -0.3 is 9.47 Å². The van der Waals surface area contributed by atoms with Crippen molar-refractivity contribution in [1.82, 2.24) is 14.5 Å². The van der Waals surface area contributed by atoms with Crippen LogP contribution in [0.2, 0.25) is 0 Å². The van der Waals surface area contributed by atoms with Gasteiger partial charge in [0.1, 0.15) is 5.82 Å². The van der Waals surface area contributed by atoms with E-state index in [1.54, 1.807) is 0 Å². The Morgan fingerprint density at radius 1 is 1.15 bits per heavy atom. The number of carbonyl (C=O) groups is 1. The van der Waals surface area contributed by atoms with E-state index in [2.05, 4.69) is 40.7 Å². The molecule has 0 unspecified atom stereocenters. The summed E-state index contributed by atoms with van der Waals surface area (Å²) >= 11 is 0. The van der Waals surface area contributed by atoms with Gasteiger partial charge in [-0.15, -0.1) is 0 Å². The number of amides is 1. The molecule has 26 heavy (non-hydrogen) atoms. The van der Waals surface area contributed by atoms with Crippen LogP contribution in [0.5, 0.6) is 0 Å². The smallest absolute Gasteiger partial charge is 0.223 e. The fraction of sp³-hybridized carbons (Fsp3) is 0.636. The molecule has 4 nitrogen and oxygen atoms in total. The molecule has 1 aliphatic heterocycles. The highest BCUT2D eigenvalue weighted by Gasteiger charge is 2.34. The third kappa shape index (κ3) is 3.51. The Bertz CT molecular complexity index is 760. The van der Waals surface area contributed by atoms with E-state index in [1.807, 2.05) is 0 Å². The number of para-hydroxylation sites is 2. The number of nitrogens with zero attached hydrogens (tertiary/aromatic N) is 3. The molecule has 2 aliphatic rings. The van der Waals surface area contributed by atoms with E-state index < -0.39 is 0 Å². The number of unbranched alkanes of at least 4 members (excludes halogenated alkanes) is 1. The number of hydrogen-bond acceptors (Lipinski definition) is 2. The highest BCUT2D eigenvalue weighted by molar-refractivity contribution is 5.80. The van der Waals surface area contributed by atoms with Crippen molar-refractivity contribution in [1.29, 1.82) is 0 Å². The Labute approximate surface area is 156 Å². The van der Waals surface area contributed by atoms with Gasteiger partial charge in [0.2, 0.25) is 5.91 Å². The van der Waals surface area contributed by atoms with Gasteiger partial charge in [-0.25, -0.2) is 4.98 Å². The molecule has 2 aromatic rings. The van der Waals surface area contributed by atoms with Gasteiger partial charge in [0, 0.05) is 32.0 Å². The van der Waals surface area contributed by atoms with Crippen molar-refractivity contribution >= 4 is 16.9 Å². The molecule has 2 fully saturated rings. The van der Waals surface area contributed by atoms with Crippen LogP contribution in [0.15, 0.2) is 24.3 Å². The number of imidazole rings is 1. The Morgan fingerprint density at radius 3 is 2.77 bits per heavy atom. The van der Waals surface area contributed by atoms with Crippen molar-refractivity contribution in [3.8, 4) is 0 Å². The van der Waals surface area contributed by atoms with Crippen molar-refractivity contribution in [2.75, 3.05) is 13.1 Å². The van der Waals surface area contributed by atoms with E-state index in [-0.39, 0.29) is 5.92 Å². The summed E-state index contributed by atoms with van der Waals surface area (Å²) in [5, 5.41) is 0. The lowest BCUT2D eigenvalue weighted by Gasteiger charge is -2.24. The molecule has 0 N–H and O–H groups in total. The molecule has 0 spiro atoms. The molecule has 1 aromatic heterocycles. The van der Waals surface area contributed by atoms with Gasteiger partial charge in [-0.3, -0.25) is 4.79 Å². The Kier molecular flexibility index (Phi) is 5.28. The number of fused-ring (bicyclic) bond motifs is 1. The first-order chi connectivity index (χ1) is 12.8. The third-order valence-corrected chi connectivity index (χ3v) is 6.21. The highest BCUT2D eigenvalue weighted by Crippen LogP contribution is 2.33. The number of rotatable bonds is 6. The predicted molar refractivity (Wildman–Crippen MR) is 105 cm³/mol. The van der Waals surface area contributed by atoms with E-state index in [1.165, 1.54) is 37.6 Å².